The molecule has 0 saturated carbocycles. The number of nitrogens with zero attached hydrogens (tertiary/aromatic N) is 3. The van der Waals surface area contributed by atoms with Gasteiger partial charge in [-0.25, -0.2) is 4.79 Å². The summed E-state index contributed by atoms with van der Waals surface area (Å²) in [6.45, 7) is 0. The van der Waals surface area contributed by atoms with E-state index in [0.717, 1.165) is 37.7 Å². The molecule has 6 aromatic rings. The van der Waals surface area contributed by atoms with E-state index in [4.69, 9.17) is 9.41 Å². The number of hydrogen-bond acceptors (Lipinski definition) is 6. The smallest absolute Gasteiger partial charge is 0.408 e. The Kier molecular flexibility index (Phi) is 6.05. The summed E-state index contributed by atoms with van der Waals surface area (Å²) in [5, 5.41) is 9.98. The fourth-order valence-electron chi connectivity index (χ4n) is 4.38. The standard InChI is InChI=1S/C30H21N3O2S2/c1-33-24-14-21(12-13-25(24)35-30(33)34)26-17-28-27(37-26)16-23(36-28)15-22(18-31)32-29(19-8-4-2-5-9-19)20-10-6-3-7-11-20/h2-14,16-17,22H,15H2,1H3. The van der Waals surface area contributed by atoms with Crippen molar-refractivity contribution in [3.05, 3.63) is 118 Å². The van der Waals surface area contributed by atoms with Crippen LogP contribution in [0.25, 0.3) is 30.9 Å². The number of rotatable bonds is 6. The molecule has 1 unspecified atom stereocenters. The summed E-state index contributed by atoms with van der Waals surface area (Å²) >= 11 is 3.41. The molecule has 180 valence electrons. The minimum atomic E-state index is -0.493. The molecule has 0 aliphatic rings. The Morgan fingerprint density at radius 3 is 2.27 bits per heavy atom. The molecule has 37 heavy (non-hydrogen) atoms. The molecule has 0 radical (unpaired) electrons. The van der Waals surface area contributed by atoms with Gasteiger partial charge in [0.15, 0.2) is 5.58 Å². The highest BCUT2D eigenvalue weighted by atomic mass is 32.1. The van der Waals surface area contributed by atoms with E-state index in [1.54, 1.807) is 29.7 Å². The minimum absolute atomic E-state index is 0.360. The Labute approximate surface area is 221 Å². The van der Waals surface area contributed by atoms with Crippen LogP contribution in [0, 0.1) is 11.3 Å². The first-order chi connectivity index (χ1) is 18.1. The zero-order valence-corrected chi connectivity index (χ0v) is 21.6. The summed E-state index contributed by atoms with van der Waals surface area (Å²) in [5.74, 6) is -0.360. The second-order valence-electron chi connectivity index (χ2n) is 8.72. The average molecular weight is 520 g/mol. The summed E-state index contributed by atoms with van der Waals surface area (Å²) in [6.07, 6.45) is 0.560. The van der Waals surface area contributed by atoms with E-state index in [2.05, 4.69) is 18.2 Å². The molecule has 0 amide bonds. The SMILES string of the molecule is Cn1c(=O)oc2ccc(-c3cc4sc(CC(C#N)N=C(c5ccccc5)c5ccccc5)cc4s3)cc21. The van der Waals surface area contributed by atoms with Gasteiger partial charge in [0.05, 0.1) is 17.3 Å². The van der Waals surface area contributed by atoms with Crippen LogP contribution in [0.4, 0.5) is 0 Å². The topological polar surface area (TPSA) is 71.3 Å². The first kappa shape index (κ1) is 23.2. The molecule has 5 nitrogen and oxygen atoms in total. The van der Waals surface area contributed by atoms with Crippen molar-refractivity contribution in [1.29, 1.82) is 5.26 Å². The maximum absolute atomic E-state index is 11.8. The van der Waals surface area contributed by atoms with Crippen LogP contribution in [0.3, 0.4) is 0 Å². The van der Waals surface area contributed by atoms with Crippen LogP contribution in [-0.4, -0.2) is 16.3 Å². The molecular weight excluding hydrogens is 498 g/mol. The molecule has 1 atom stereocenters. The van der Waals surface area contributed by atoms with Gasteiger partial charge in [0, 0.05) is 43.7 Å². The Morgan fingerprint density at radius 2 is 1.62 bits per heavy atom. The van der Waals surface area contributed by atoms with Crippen molar-refractivity contribution < 1.29 is 4.42 Å². The minimum Gasteiger partial charge on any atom is -0.408 e. The lowest BCUT2D eigenvalue weighted by Gasteiger charge is -2.10. The zero-order chi connectivity index (χ0) is 25.4. The Bertz CT molecular complexity index is 1780. The summed E-state index contributed by atoms with van der Waals surface area (Å²) in [4.78, 5) is 19.0. The van der Waals surface area contributed by atoms with Gasteiger partial charge < -0.3 is 4.42 Å². The summed E-state index contributed by atoms with van der Waals surface area (Å²) in [5.41, 5.74) is 5.24. The van der Waals surface area contributed by atoms with Crippen LogP contribution in [0.15, 0.2) is 105 Å². The van der Waals surface area contributed by atoms with Crippen LogP contribution in [0.1, 0.15) is 16.0 Å². The predicted octanol–water partition coefficient (Wildman–Crippen LogP) is 7.05. The summed E-state index contributed by atoms with van der Waals surface area (Å²) in [6, 6.07) is 32.1. The lowest BCUT2D eigenvalue weighted by atomic mass is 10.0. The van der Waals surface area contributed by atoms with E-state index in [1.165, 1.54) is 14.0 Å². The van der Waals surface area contributed by atoms with Crippen molar-refractivity contribution in [2.75, 3.05) is 0 Å². The lowest BCUT2D eigenvalue weighted by Crippen LogP contribution is -2.12. The van der Waals surface area contributed by atoms with Gasteiger partial charge in [-0.2, -0.15) is 5.26 Å². The number of hydrogen-bond donors (Lipinski definition) is 0. The van der Waals surface area contributed by atoms with Crippen molar-refractivity contribution in [2.24, 2.45) is 12.0 Å². The highest BCUT2D eigenvalue weighted by molar-refractivity contribution is 7.29. The summed E-state index contributed by atoms with van der Waals surface area (Å²) < 4.78 is 9.15. The highest BCUT2D eigenvalue weighted by Gasteiger charge is 2.16. The second-order valence-corrected chi connectivity index (χ2v) is 11.0. The Hall–Kier alpha value is -4.25. The summed E-state index contributed by atoms with van der Waals surface area (Å²) in [7, 11) is 1.71. The average Bonchev–Trinajstić information content (AvgIpc) is 3.58. The number of thiophene rings is 2. The first-order valence-corrected chi connectivity index (χ1v) is 13.4. The third kappa shape index (κ3) is 4.53. The van der Waals surface area contributed by atoms with Crippen LogP contribution in [0.2, 0.25) is 0 Å². The van der Waals surface area contributed by atoms with E-state index in [1.807, 2.05) is 78.9 Å². The van der Waals surface area contributed by atoms with Gasteiger partial charge in [0.2, 0.25) is 0 Å². The molecule has 0 N–H and O–H groups in total. The quantitative estimate of drug-likeness (QED) is 0.221. The van der Waals surface area contributed by atoms with Gasteiger partial charge in [-0.3, -0.25) is 9.56 Å². The second kappa shape index (κ2) is 9.66. The number of aromatic nitrogens is 1. The predicted molar refractivity (Wildman–Crippen MR) is 152 cm³/mol. The Morgan fingerprint density at radius 1 is 0.946 bits per heavy atom. The molecule has 3 aromatic carbocycles. The van der Waals surface area contributed by atoms with Crippen LogP contribution < -0.4 is 5.76 Å². The number of aryl methyl sites for hydroxylation is 1. The largest absolute Gasteiger partial charge is 0.419 e. The molecule has 0 bridgehead atoms. The highest BCUT2D eigenvalue weighted by Crippen LogP contribution is 2.39. The fourth-order valence-corrected chi connectivity index (χ4v) is 6.84. The molecule has 7 heteroatoms. The normalized spacial score (nSPS) is 12.0. The van der Waals surface area contributed by atoms with Gasteiger partial charge in [0.25, 0.3) is 0 Å². The molecular formula is C30H21N3O2S2. The molecule has 0 aliphatic carbocycles. The molecule has 0 spiro atoms. The lowest BCUT2D eigenvalue weighted by molar-refractivity contribution is 0.528. The number of fused-ring (bicyclic) bond motifs is 2. The van der Waals surface area contributed by atoms with Crippen LogP contribution in [0.5, 0.6) is 0 Å². The Balaban J connectivity index is 1.29. The van der Waals surface area contributed by atoms with E-state index in [9.17, 15) is 10.1 Å². The fraction of sp³-hybridized carbons (Fsp3) is 0.100. The van der Waals surface area contributed by atoms with E-state index < -0.39 is 6.04 Å². The third-order valence-corrected chi connectivity index (χ3v) is 8.62. The molecule has 6 rings (SSSR count). The molecule has 3 aromatic heterocycles. The van der Waals surface area contributed by atoms with Crippen molar-refractivity contribution in [2.45, 2.75) is 12.5 Å². The molecule has 0 aliphatic heterocycles. The number of nitriles is 1. The van der Waals surface area contributed by atoms with Gasteiger partial charge in [-0.1, -0.05) is 60.7 Å². The van der Waals surface area contributed by atoms with E-state index >= 15 is 0 Å². The zero-order valence-electron chi connectivity index (χ0n) is 19.9. The van der Waals surface area contributed by atoms with Crippen molar-refractivity contribution >= 4 is 48.9 Å². The molecule has 0 fully saturated rings. The third-order valence-electron chi connectivity index (χ3n) is 6.26. The maximum Gasteiger partial charge on any atom is 0.419 e. The maximum atomic E-state index is 11.8. The van der Waals surface area contributed by atoms with Crippen LogP contribution in [-0.2, 0) is 13.5 Å². The van der Waals surface area contributed by atoms with Gasteiger partial charge in [-0.15, -0.1) is 22.7 Å². The number of aliphatic imine (C=N–C) groups is 1. The van der Waals surface area contributed by atoms with Gasteiger partial charge in [-0.05, 0) is 35.9 Å². The molecule has 0 saturated heterocycles. The van der Waals surface area contributed by atoms with Gasteiger partial charge >= 0.3 is 5.76 Å². The van der Waals surface area contributed by atoms with Crippen molar-refractivity contribution in [1.82, 2.24) is 4.57 Å². The monoisotopic (exact) mass is 519 g/mol. The van der Waals surface area contributed by atoms with Gasteiger partial charge in [0.1, 0.15) is 6.04 Å². The van der Waals surface area contributed by atoms with E-state index in [-0.39, 0.29) is 5.76 Å². The van der Waals surface area contributed by atoms with Crippen LogP contribution >= 0.6 is 22.7 Å². The first-order valence-electron chi connectivity index (χ1n) is 11.8. The number of benzene rings is 3. The van der Waals surface area contributed by atoms with E-state index in [0.29, 0.717) is 12.0 Å². The molecule has 3 heterocycles. The number of oxazole rings is 1. The van der Waals surface area contributed by atoms with Crippen molar-refractivity contribution in [3.63, 3.8) is 0 Å². The van der Waals surface area contributed by atoms with Crippen molar-refractivity contribution in [3.8, 4) is 16.5 Å².